The van der Waals surface area contributed by atoms with Gasteiger partial charge in [0.15, 0.2) is 0 Å². The maximum Gasteiger partial charge on any atom is 0.253 e. The van der Waals surface area contributed by atoms with Crippen LogP contribution >= 0.6 is 11.3 Å². The highest BCUT2D eigenvalue weighted by Crippen LogP contribution is 2.31. The van der Waals surface area contributed by atoms with Gasteiger partial charge in [-0.15, -0.1) is 11.3 Å². The van der Waals surface area contributed by atoms with Crippen LogP contribution in [0.4, 0.5) is 0 Å². The number of nitrogens with zero attached hydrogens (tertiary/aromatic N) is 2. The first kappa shape index (κ1) is 15.0. The van der Waals surface area contributed by atoms with E-state index >= 15 is 0 Å². The van der Waals surface area contributed by atoms with E-state index in [-0.39, 0.29) is 5.91 Å². The fraction of sp³-hybridized carbons (Fsp3) is 0.643. The number of aryl methyl sites for hydroxylation is 1. The standard InChI is InChI=1S/C14H20N2O3S2/c1-11-6-7-13(20-11)21(18,19)16-10-4-5-12(16)14(17)15-8-2-3-9-15/h6-7,12H,2-5,8-10H2,1H3. The van der Waals surface area contributed by atoms with Gasteiger partial charge in [-0.1, -0.05) is 0 Å². The third kappa shape index (κ3) is 2.74. The lowest BCUT2D eigenvalue weighted by Gasteiger charge is -2.26. The predicted octanol–water partition coefficient (Wildman–Crippen LogP) is 1.83. The van der Waals surface area contributed by atoms with Gasteiger partial charge in [0.25, 0.3) is 10.0 Å². The lowest BCUT2D eigenvalue weighted by atomic mass is 10.2. The Hall–Kier alpha value is -0.920. The second kappa shape index (κ2) is 5.70. The van der Waals surface area contributed by atoms with Crippen LogP contribution in [0.2, 0.25) is 0 Å². The molecule has 1 amide bonds. The van der Waals surface area contributed by atoms with Crippen LogP contribution in [0.5, 0.6) is 0 Å². The first-order valence-corrected chi connectivity index (χ1v) is 9.63. The normalized spacial score (nSPS) is 23.9. The minimum Gasteiger partial charge on any atom is -0.341 e. The van der Waals surface area contributed by atoms with Gasteiger partial charge in [-0.25, -0.2) is 8.42 Å². The molecule has 2 fully saturated rings. The summed E-state index contributed by atoms with van der Waals surface area (Å²) >= 11 is 1.27. The number of likely N-dealkylation sites (tertiary alicyclic amines) is 1. The molecule has 1 atom stereocenters. The van der Waals surface area contributed by atoms with Gasteiger partial charge in [0, 0.05) is 24.5 Å². The summed E-state index contributed by atoms with van der Waals surface area (Å²) in [6, 6.07) is 2.95. The molecule has 116 valence electrons. The van der Waals surface area contributed by atoms with Crippen molar-refractivity contribution in [3.8, 4) is 0 Å². The van der Waals surface area contributed by atoms with Gasteiger partial charge in [-0.3, -0.25) is 4.79 Å². The molecule has 0 N–H and O–H groups in total. The highest BCUT2D eigenvalue weighted by atomic mass is 32.2. The minimum atomic E-state index is -3.54. The van der Waals surface area contributed by atoms with Crippen molar-refractivity contribution in [2.24, 2.45) is 0 Å². The molecule has 0 bridgehead atoms. The van der Waals surface area contributed by atoms with Crippen LogP contribution in [0.15, 0.2) is 16.3 Å². The van der Waals surface area contributed by atoms with E-state index in [0.29, 0.717) is 17.2 Å². The molecule has 7 heteroatoms. The number of hydrogen-bond donors (Lipinski definition) is 0. The Morgan fingerprint density at radius 3 is 2.52 bits per heavy atom. The third-order valence-electron chi connectivity index (χ3n) is 4.19. The van der Waals surface area contributed by atoms with E-state index in [1.165, 1.54) is 15.6 Å². The molecule has 0 aromatic carbocycles. The van der Waals surface area contributed by atoms with Gasteiger partial charge in [0.2, 0.25) is 5.91 Å². The molecule has 0 saturated carbocycles. The molecule has 0 aliphatic carbocycles. The van der Waals surface area contributed by atoms with E-state index < -0.39 is 16.1 Å². The first-order valence-electron chi connectivity index (χ1n) is 7.37. The highest BCUT2D eigenvalue weighted by molar-refractivity contribution is 7.91. The van der Waals surface area contributed by atoms with Crippen LogP contribution in [0, 0.1) is 6.92 Å². The molecule has 0 spiro atoms. The largest absolute Gasteiger partial charge is 0.341 e. The van der Waals surface area contributed by atoms with Gasteiger partial charge in [0.1, 0.15) is 10.3 Å². The van der Waals surface area contributed by atoms with Crippen LogP contribution in [0.1, 0.15) is 30.6 Å². The van der Waals surface area contributed by atoms with Crippen LogP contribution < -0.4 is 0 Å². The Labute approximate surface area is 129 Å². The van der Waals surface area contributed by atoms with Crippen molar-refractivity contribution in [2.75, 3.05) is 19.6 Å². The molecule has 1 aromatic rings. The summed E-state index contributed by atoms with van der Waals surface area (Å²) in [5, 5.41) is 0. The molecule has 3 heterocycles. The summed E-state index contributed by atoms with van der Waals surface area (Å²) in [6.45, 7) is 3.87. The summed E-state index contributed by atoms with van der Waals surface area (Å²) in [6.07, 6.45) is 3.44. The zero-order chi connectivity index (χ0) is 15.0. The van der Waals surface area contributed by atoms with Gasteiger partial charge in [0.05, 0.1) is 0 Å². The summed E-state index contributed by atoms with van der Waals surface area (Å²) in [4.78, 5) is 15.3. The monoisotopic (exact) mass is 328 g/mol. The summed E-state index contributed by atoms with van der Waals surface area (Å²) < 4.78 is 27.3. The van der Waals surface area contributed by atoms with Gasteiger partial charge in [-0.2, -0.15) is 4.31 Å². The van der Waals surface area contributed by atoms with E-state index in [9.17, 15) is 13.2 Å². The number of amides is 1. The molecular weight excluding hydrogens is 308 g/mol. The Kier molecular flexibility index (Phi) is 4.07. The summed E-state index contributed by atoms with van der Waals surface area (Å²) in [5.41, 5.74) is 0. The molecule has 2 saturated heterocycles. The molecule has 1 unspecified atom stereocenters. The summed E-state index contributed by atoms with van der Waals surface area (Å²) in [7, 11) is -3.54. The maximum atomic E-state index is 12.7. The molecule has 0 radical (unpaired) electrons. The molecule has 2 aliphatic rings. The fourth-order valence-corrected chi connectivity index (χ4v) is 6.15. The van der Waals surface area contributed by atoms with E-state index in [1.807, 2.05) is 17.9 Å². The van der Waals surface area contributed by atoms with Crippen molar-refractivity contribution in [2.45, 2.75) is 42.9 Å². The Balaban J connectivity index is 1.84. The van der Waals surface area contributed by atoms with E-state index in [4.69, 9.17) is 0 Å². The lowest BCUT2D eigenvalue weighted by Crippen LogP contribution is -2.46. The Morgan fingerprint density at radius 2 is 1.90 bits per heavy atom. The average Bonchev–Trinajstić information content (AvgIpc) is 3.19. The molecule has 21 heavy (non-hydrogen) atoms. The molecule has 1 aromatic heterocycles. The summed E-state index contributed by atoms with van der Waals surface area (Å²) in [5.74, 6) is -0.0122. The smallest absolute Gasteiger partial charge is 0.253 e. The quantitative estimate of drug-likeness (QED) is 0.850. The lowest BCUT2D eigenvalue weighted by molar-refractivity contribution is -0.133. The number of carbonyl (C=O) groups excluding carboxylic acids is 1. The van der Waals surface area contributed by atoms with Crippen LogP contribution in [0.25, 0.3) is 0 Å². The van der Waals surface area contributed by atoms with Crippen molar-refractivity contribution in [3.63, 3.8) is 0 Å². The van der Waals surface area contributed by atoms with E-state index in [1.54, 1.807) is 6.07 Å². The molecule has 2 aliphatic heterocycles. The Bertz CT molecular complexity index is 632. The SMILES string of the molecule is Cc1ccc(S(=O)(=O)N2CCCC2C(=O)N2CCCC2)s1. The topological polar surface area (TPSA) is 57.7 Å². The van der Waals surface area contributed by atoms with Crippen LogP contribution in [-0.4, -0.2) is 49.2 Å². The Morgan fingerprint density at radius 1 is 1.19 bits per heavy atom. The predicted molar refractivity (Wildman–Crippen MR) is 81.8 cm³/mol. The fourth-order valence-electron chi connectivity index (χ4n) is 3.09. The van der Waals surface area contributed by atoms with E-state index in [2.05, 4.69) is 0 Å². The minimum absolute atomic E-state index is 0.0122. The van der Waals surface area contributed by atoms with Crippen molar-refractivity contribution in [1.29, 1.82) is 0 Å². The van der Waals surface area contributed by atoms with Gasteiger partial charge >= 0.3 is 0 Å². The van der Waals surface area contributed by atoms with Crippen molar-refractivity contribution in [1.82, 2.24) is 9.21 Å². The second-order valence-electron chi connectivity index (χ2n) is 5.67. The number of carbonyl (C=O) groups is 1. The number of rotatable bonds is 3. The van der Waals surface area contributed by atoms with Crippen molar-refractivity contribution in [3.05, 3.63) is 17.0 Å². The zero-order valence-electron chi connectivity index (χ0n) is 12.1. The van der Waals surface area contributed by atoms with Crippen molar-refractivity contribution >= 4 is 27.3 Å². The second-order valence-corrected chi connectivity index (χ2v) is 9.08. The molecular formula is C14H20N2O3S2. The van der Waals surface area contributed by atoms with Crippen LogP contribution in [-0.2, 0) is 14.8 Å². The average molecular weight is 328 g/mol. The maximum absolute atomic E-state index is 12.7. The highest BCUT2D eigenvalue weighted by Gasteiger charge is 2.41. The number of hydrogen-bond acceptors (Lipinski definition) is 4. The van der Waals surface area contributed by atoms with Crippen LogP contribution in [0.3, 0.4) is 0 Å². The molecule has 5 nitrogen and oxygen atoms in total. The third-order valence-corrected chi connectivity index (χ3v) is 7.56. The van der Waals surface area contributed by atoms with Gasteiger partial charge in [-0.05, 0) is 44.7 Å². The first-order chi connectivity index (χ1) is 10.00. The zero-order valence-corrected chi connectivity index (χ0v) is 13.8. The number of sulfonamides is 1. The van der Waals surface area contributed by atoms with Gasteiger partial charge < -0.3 is 4.90 Å². The molecule has 3 rings (SSSR count). The van der Waals surface area contributed by atoms with Crippen molar-refractivity contribution < 1.29 is 13.2 Å². The van der Waals surface area contributed by atoms with E-state index in [0.717, 1.165) is 37.2 Å². The number of thiophene rings is 1.